The van der Waals surface area contributed by atoms with E-state index in [1.54, 1.807) is 68.6 Å². The van der Waals surface area contributed by atoms with Crippen LogP contribution in [-0.2, 0) is 4.79 Å². The number of hydrogen-bond acceptors (Lipinski definition) is 5. The van der Waals surface area contributed by atoms with Crippen molar-refractivity contribution in [3.05, 3.63) is 78.3 Å². The van der Waals surface area contributed by atoms with Crippen LogP contribution in [0.1, 0.15) is 27.8 Å². The van der Waals surface area contributed by atoms with Gasteiger partial charge in [-0.3, -0.25) is 14.4 Å². The molecule has 3 aromatic rings. The van der Waals surface area contributed by atoms with Crippen molar-refractivity contribution >= 4 is 29.1 Å². The lowest BCUT2D eigenvalue weighted by Crippen LogP contribution is -2.41. The molecule has 3 amide bonds. The maximum atomic E-state index is 12.7. The zero-order chi connectivity index (χ0) is 21.5. The van der Waals surface area contributed by atoms with Crippen LogP contribution in [0.25, 0.3) is 0 Å². The van der Waals surface area contributed by atoms with Gasteiger partial charge in [-0.05, 0) is 55.5 Å². The van der Waals surface area contributed by atoms with E-state index in [4.69, 9.17) is 9.15 Å². The van der Waals surface area contributed by atoms with E-state index in [0.29, 0.717) is 17.1 Å². The number of ether oxygens (including phenoxy) is 1. The highest BCUT2D eigenvalue weighted by atomic mass is 16.5. The van der Waals surface area contributed by atoms with Crippen LogP contribution in [0.2, 0.25) is 0 Å². The van der Waals surface area contributed by atoms with Gasteiger partial charge in [0.05, 0.1) is 24.6 Å². The molecule has 0 aliphatic carbocycles. The molecule has 154 valence electrons. The highest BCUT2D eigenvalue weighted by Gasteiger charge is 2.20. The summed E-state index contributed by atoms with van der Waals surface area (Å²) in [6.45, 7) is 1.57. The molecule has 30 heavy (non-hydrogen) atoms. The molecular formula is C22H21N3O5. The third-order valence-electron chi connectivity index (χ3n) is 4.26. The van der Waals surface area contributed by atoms with Crippen LogP contribution in [0.5, 0.6) is 5.75 Å². The van der Waals surface area contributed by atoms with Crippen LogP contribution in [0.4, 0.5) is 11.4 Å². The minimum atomic E-state index is -0.812. The van der Waals surface area contributed by atoms with E-state index in [1.807, 2.05) is 0 Å². The molecule has 0 aliphatic heterocycles. The fourth-order valence-corrected chi connectivity index (χ4v) is 2.65. The summed E-state index contributed by atoms with van der Waals surface area (Å²) >= 11 is 0. The number of anilines is 2. The summed E-state index contributed by atoms with van der Waals surface area (Å²) < 4.78 is 10.1. The summed E-state index contributed by atoms with van der Waals surface area (Å²) in [5.74, 6) is -0.570. The number of nitrogens with one attached hydrogen (secondary N) is 3. The zero-order valence-electron chi connectivity index (χ0n) is 16.5. The Morgan fingerprint density at radius 2 is 1.63 bits per heavy atom. The Balaban J connectivity index is 1.64. The molecule has 0 spiro atoms. The van der Waals surface area contributed by atoms with Crippen LogP contribution < -0.4 is 20.7 Å². The Morgan fingerprint density at radius 1 is 0.900 bits per heavy atom. The summed E-state index contributed by atoms with van der Waals surface area (Å²) in [6.07, 6.45) is 1.39. The number of carbonyl (C=O) groups excluding carboxylic acids is 3. The molecule has 0 fully saturated rings. The second-order valence-electron chi connectivity index (χ2n) is 6.39. The van der Waals surface area contributed by atoms with Crippen molar-refractivity contribution in [1.82, 2.24) is 5.32 Å². The molecule has 8 nitrogen and oxygen atoms in total. The van der Waals surface area contributed by atoms with E-state index in [-0.39, 0.29) is 17.2 Å². The third kappa shape index (κ3) is 5.05. The van der Waals surface area contributed by atoms with Crippen molar-refractivity contribution in [2.45, 2.75) is 13.0 Å². The van der Waals surface area contributed by atoms with Gasteiger partial charge in [-0.2, -0.15) is 0 Å². The fourth-order valence-electron chi connectivity index (χ4n) is 2.65. The maximum Gasteiger partial charge on any atom is 0.291 e. The standard InChI is InChI=1S/C22H21N3O5/c1-14(20(26)24-15-9-11-16(29-2)12-10-15)23-21(27)17-6-3-4-7-18(17)25-22(28)19-8-5-13-30-19/h3-14H,1-2H3,(H,23,27)(H,24,26)(H,25,28). The lowest BCUT2D eigenvalue weighted by Gasteiger charge is -2.16. The highest BCUT2D eigenvalue weighted by Crippen LogP contribution is 2.18. The van der Waals surface area contributed by atoms with E-state index in [9.17, 15) is 14.4 Å². The molecular weight excluding hydrogens is 386 g/mol. The van der Waals surface area contributed by atoms with Gasteiger partial charge < -0.3 is 25.1 Å². The van der Waals surface area contributed by atoms with Crippen LogP contribution in [-0.4, -0.2) is 30.9 Å². The Morgan fingerprint density at radius 3 is 2.30 bits per heavy atom. The van der Waals surface area contributed by atoms with Crippen LogP contribution >= 0.6 is 0 Å². The minimum Gasteiger partial charge on any atom is -0.497 e. The number of para-hydroxylation sites is 1. The van der Waals surface area contributed by atoms with Gasteiger partial charge in [0.2, 0.25) is 5.91 Å². The molecule has 3 N–H and O–H groups in total. The molecule has 0 aliphatic rings. The van der Waals surface area contributed by atoms with Crippen LogP contribution in [0.3, 0.4) is 0 Å². The van der Waals surface area contributed by atoms with Gasteiger partial charge in [0.1, 0.15) is 11.8 Å². The summed E-state index contributed by atoms with van der Waals surface area (Å²) in [5, 5.41) is 8.00. The van der Waals surface area contributed by atoms with Gasteiger partial charge in [-0.15, -0.1) is 0 Å². The SMILES string of the molecule is COc1ccc(NC(=O)C(C)NC(=O)c2ccccc2NC(=O)c2ccco2)cc1. The lowest BCUT2D eigenvalue weighted by atomic mass is 10.1. The first-order chi connectivity index (χ1) is 14.5. The molecule has 8 heteroatoms. The zero-order valence-corrected chi connectivity index (χ0v) is 16.5. The molecule has 1 aromatic heterocycles. The van der Waals surface area contributed by atoms with Crippen LogP contribution in [0, 0.1) is 0 Å². The number of furan rings is 1. The first-order valence-electron chi connectivity index (χ1n) is 9.17. The van der Waals surface area contributed by atoms with Crippen LogP contribution in [0.15, 0.2) is 71.3 Å². The molecule has 0 saturated heterocycles. The van der Waals surface area contributed by atoms with Gasteiger partial charge in [0.15, 0.2) is 5.76 Å². The largest absolute Gasteiger partial charge is 0.497 e. The predicted octanol–water partition coefficient (Wildman–Crippen LogP) is 3.30. The number of rotatable bonds is 7. The number of amides is 3. The van der Waals surface area contributed by atoms with E-state index in [0.717, 1.165) is 0 Å². The average Bonchev–Trinajstić information content (AvgIpc) is 3.29. The Hall–Kier alpha value is -4.07. The first kappa shape index (κ1) is 20.7. The van der Waals surface area contributed by atoms with E-state index < -0.39 is 17.9 Å². The van der Waals surface area contributed by atoms with Crippen molar-refractivity contribution in [3.8, 4) is 5.75 Å². The monoisotopic (exact) mass is 407 g/mol. The average molecular weight is 407 g/mol. The van der Waals surface area contributed by atoms with Gasteiger partial charge in [0.25, 0.3) is 11.8 Å². The molecule has 0 radical (unpaired) electrons. The summed E-state index contributed by atoms with van der Waals surface area (Å²) in [5.41, 5.74) is 1.11. The van der Waals surface area contributed by atoms with E-state index >= 15 is 0 Å². The minimum absolute atomic E-state index is 0.123. The second kappa shape index (κ2) is 9.42. The lowest BCUT2D eigenvalue weighted by molar-refractivity contribution is -0.117. The smallest absolute Gasteiger partial charge is 0.291 e. The Kier molecular flexibility index (Phi) is 6.49. The van der Waals surface area contributed by atoms with Gasteiger partial charge in [0, 0.05) is 5.69 Å². The van der Waals surface area contributed by atoms with Crippen molar-refractivity contribution in [3.63, 3.8) is 0 Å². The Bertz CT molecular complexity index is 1030. The normalized spacial score (nSPS) is 11.3. The number of hydrogen-bond donors (Lipinski definition) is 3. The highest BCUT2D eigenvalue weighted by molar-refractivity contribution is 6.09. The molecule has 3 rings (SSSR count). The number of carbonyl (C=O) groups is 3. The van der Waals surface area contributed by atoms with Crippen molar-refractivity contribution in [2.24, 2.45) is 0 Å². The van der Waals surface area contributed by atoms with Gasteiger partial charge >= 0.3 is 0 Å². The Labute approximate surface area is 173 Å². The van der Waals surface area contributed by atoms with E-state index in [1.165, 1.54) is 12.3 Å². The number of benzene rings is 2. The maximum absolute atomic E-state index is 12.7. The molecule has 1 atom stereocenters. The van der Waals surface area contributed by atoms with E-state index in [2.05, 4.69) is 16.0 Å². The second-order valence-corrected chi connectivity index (χ2v) is 6.39. The van der Waals surface area contributed by atoms with Gasteiger partial charge in [-0.1, -0.05) is 12.1 Å². The fraction of sp³-hybridized carbons (Fsp3) is 0.136. The topological polar surface area (TPSA) is 110 Å². The molecule has 1 unspecified atom stereocenters. The first-order valence-corrected chi connectivity index (χ1v) is 9.17. The number of methoxy groups -OCH3 is 1. The van der Waals surface area contributed by atoms with Crippen molar-refractivity contribution in [1.29, 1.82) is 0 Å². The third-order valence-corrected chi connectivity index (χ3v) is 4.26. The predicted molar refractivity (Wildman–Crippen MR) is 112 cm³/mol. The van der Waals surface area contributed by atoms with Crippen molar-refractivity contribution in [2.75, 3.05) is 17.7 Å². The molecule has 0 saturated carbocycles. The van der Waals surface area contributed by atoms with Crippen molar-refractivity contribution < 1.29 is 23.5 Å². The van der Waals surface area contributed by atoms with Gasteiger partial charge in [-0.25, -0.2) is 0 Å². The molecule has 2 aromatic carbocycles. The molecule has 1 heterocycles. The summed E-state index contributed by atoms with van der Waals surface area (Å²) in [4.78, 5) is 37.3. The molecule has 0 bridgehead atoms. The quantitative estimate of drug-likeness (QED) is 0.557. The summed E-state index contributed by atoms with van der Waals surface area (Å²) in [6, 6.07) is 15.6. The summed E-state index contributed by atoms with van der Waals surface area (Å²) in [7, 11) is 1.56.